The van der Waals surface area contributed by atoms with Crippen LogP contribution in [0.3, 0.4) is 0 Å². The molecule has 1 atom stereocenters. The van der Waals surface area contributed by atoms with Gasteiger partial charge in [-0.05, 0) is 26.7 Å². The first-order valence-electron chi connectivity index (χ1n) is 9.38. The Kier molecular flexibility index (Phi) is 4.89. The van der Waals surface area contributed by atoms with E-state index in [0.29, 0.717) is 12.2 Å². The molecular formula is C18H21F3N8. The van der Waals surface area contributed by atoms with Crippen LogP contribution in [-0.4, -0.2) is 35.8 Å². The molecular weight excluding hydrogens is 385 g/mol. The van der Waals surface area contributed by atoms with E-state index in [1.165, 1.54) is 0 Å². The minimum Gasteiger partial charge on any atom is -0.370 e. The number of hydrogen-bond acceptors (Lipinski definition) is 6. The maximum Gasteiger partial charge on any atom is 0.421 e. The highest BCUT2D eigenvalue weighted by atomic mass is 19.4. The lowest BCUT2D eigenvalue weighted by atomic mass is 10.1. The van der Waals surface area contributed by atoms with E-state index in [1.807, 2.05) is 17.8 Å². The average molecular weight is 406 g/mol. The first-order chi connectivity index (χ1) is 13.9. The summed E-state index contributed by atoms with van der Waals surface area (Å²) in [5, 5.41) is 10.1. The summed E-state index contributed by atoms with van der Waals surface area (Å²) in [5.74, 6) is 0.771. The van der Waals surface area contributed by atoms with Crippen molar-refractivity contribution in [1.82, 2.24) is 29.3 Å². The number of nitrogens with one attached hydrogen (secondary N) is 2. The van der Waals surface area contributed by atoms with Crippen LogP contribution in [0.4, 0.5) is 30.6 Å². The van der Waals surface area contributed by atoms with Gasteiger partial charge in [-0.25, -0.2) is 9.97 Å². The number of halogens is 3. The maximum atomic E-state index is 13.1. The van der Waals surface area contributed by atoms with Gasteiger partial charge >= 0.3 is 6.18 Å². The molecule has 2 N–H and O–H groups in total. The highest BCUT2D eigenvalue weighted by Crippen LogP contribution is 2.34. The van der Waals surface area contributed by atoms with E-state index in [4.69, 9.17) is 0 Å². The van der Waals surface area contributed by atoms with Gasteiger partial charge in [0.2, 0.25) is 5.95 Å². The predicted octanol–water partition coefficient (Wildman–Crippen LogP) is 3.76. The third-order valence-electron chi connectivity index (χ3n) is 4.95. The van der Waals surface area contributed by atoms with Crippen LogP contribution in [0.15, 0.2) is 24.8 Å². The van der Waals surface area contributed by atoms with E-state index >= 15 is 0 Å². The number of nitrogens with zero attached hydrogens (tertiary/aromatic N) is 6. The minimum absolute atomic E-state index is 0.0140. The van der Waals surface area contributed by atoms with Gasteiger partial charge in [-0.15, -0.1) is 0 Å². The van der Waals surface area contributed by atoms with Gasteiger partial charge in [-0.1, -0.05) is 0 Å². The Hall–Kier alpha value is -3.11. The summed E-state index contributed by atoms with van der Waals surface area (Å²) in [6.45, 7) is 4.85. The lowest BCUT2D eigenvalue weighted by Gasteiger charge is -2.24. The number of fused-ring (bicyclic) bond motifs is 1. The Morgan fingerprint density at radius 2 is 2.07 bits per heavy atom. The van der Waals surface area contributed by atoms with Crippen LogP contribution in [0.25, 0.3) is 0 Å². The van der Waals surface area contributed by atoms with E-state index in [2.05, 4.69) is 35.3 Å². The van der Waals surface area contributed by atoms with E-state index in [-0.39, 0.29) is 17.8 Å². The first-order valence-corrected chi connectivity index (χ1v) is 9.38. The molecule has 8 nitrogen and oxygen atoms in total. The van der Waals surface area contributed by atoms with E-state index in [1.54, 1.807) is 19.3 Å². The molecule has 3 aromatic rings. The Morgan fingerprint density at radius 3 is 2.83 bits per heavy atom. The molecule has 4 heterocycles. The van der Waals surface area contributed by atoms with Crippen LogP contribution >= 0.6 is 0 Å². The van der Waals surface area contributed by atoms with Gasteiger partial charge in [-0.2, -0.15) is 23.3 Å². The normalized spacial score (nSPS) is 16.5. The predicted molar refractivity (Wildman–Crippen MR) is 101 cm³/mol. The molecule has 0 amide bonds. The van der Waals surface area contributed by atoms with Gasteiger partial charge in [0, 0.05) is 31.7 Å². The number of aromatic nitrogens is 6. The molecule has 0 saturated carbocycles. The van der Waals surface area contributed by atoms with Gasteiger partial charge in [0.05, 0.1) is 17.6 Å². The summed E-state index contributed by atoms with van der Waals surface area (Å²) in [7, 11) is 0. The van der Waals surface area contributed by atoms with Crippen molar-refractivity contribution in [2.24, 2.45) is 0 Å². The second-order valence-corrected chi connectivity index (χ2v) is 6.83. The molecule has 0 aromatic carbocycles. The molecule has 29 heavy (non-hydrogen) atoms. The summed E-state index contributed by atoms with van der Waals surface area (Å²) >= 11 is 0. The highest BCUT2D eigenvalue weighted by Gasteiger charge is 2.35. The van der Waals surface area contributed by atoms with Crippen molar-refractivity contribution in [2.45, 2.75) is 45.5 Å². The first kappa shape index (κ1) is 19.2. The summed E-state index contributed by atoms with van der Waals surface area (Å²) in [5.41, 5.74) is 0.571. The van der Waals surface area contributed by atoms with Crippen LogP contribution < -0.4 is 10.6 Å². The molecule has 1 aliphatic heterocycles. The third-order valence-corrected chi connectivity index (χ3v) is 4.95. The summed E-state index contributed by atoms with van der Waals surface area (Å²) in [4.78, 5) is 12.3. The highest BCUT2D eigenvalue weighted by molar-refractivity contribution is 5.58. The molecule has 1 aliphatic rings. The molecule has 0 bridgehead atoms. The lowest BCUT2D eigenvalue weighted by Crippen LogP contribution is -2.23. The Bertz CT molecular complexity index is 1010. The number of imidazole rings is 1. The maximum absolute atomic E-state index is 13.1. The van der Waals surface area contributed by atoms with Crippen LogP contribution in [0.2, 0.25) is 0 Å². The Labute approximate surface area is 165 Å². The van der Waals surface area contributed by atoms with Crippen molar-refractivity contribution in [3.63, 3.8) is 0 Å². The molecule has 154 valence electrons. The van der Waals surface area contributed by atoms with Crippen molar-refractivity contribution >= 4 is 17.5 Å². The standard InChI is InChI=1S/C18H21F3N8/c1-3-22-15-12(18(19,20)21)9-24-17(27-15)26-13-10-25-29(11(13)2)14-5-4-7-28-8-6-23-16(14)28/h6,8-10,14H,3-5,7H2,1-2H3,(H2,22,24,26,27)/t14-/m0/s1. The largest absolute Gasteiger partial charge is 0.421 e. The number of anilines is 3. The van der Waals surface area contributed by atoms with Crippen molar-refractivity contribution < 1.29 is 13.2 Å². The van der Waals surface area contributed by atoms with Gasteiger partial charge in [0.15, 0.2) is 0 Å². The number of hydrogen-bond donors (Lipinski definition) is 2. The fourth-order valence-electron chi connectivity index (χ4n) is 3.56. The van der Waals surface area contributed by atoms with Crippen LogP contribution in [0.5, 0.6) is 0 Å². The van der Waals surface area contributed by atoms with Crippen LogP contribution in [0.1, 0.15) is 42.9 Å². The van der Waals surface area contributed by atoms with Crippen LogP contribution in [0, 0.1) is 6.92 Å². The topological polar surface area (TPSA) is 85.5 Å². The quantitative estimate of drug-likeness (QED) is 0.671. The Morgan fingerprint density at radius 1 is 1.24 bits per heavy atom. The number of alkyl halides is 3. The molecule has 4 rings (SSSR count). The van der Waals surface area contributed by atoms with Crippen molar-refractivity contribution in [3.05, 3.63) is 41.9 Å². The Balaban J connectivity index is 1.61. The van der Waals surface area contributed by atoms with Gasteiger partial charge in [0.1, 0.15) is 23.2 Å². The zero-order valence-corrected chi connectivity index (χ0v) is 16.0. The van der Waals surface area contributed by atoms with E-state index in [0.717, 1.165) is 37.1 Å². The second kappa shape index (κ2) is 7.37. The lowest BCUT2D eigenvalue weighted by molar-refractivity contribution is -0.137. The zero-order valence-electron chi connectivity index (χ0n) is 16.0. The van der Waals surface area contributed by atoms with Gasteiger partial charge in [-0.3, -0.25) is 4.68 Å². The van der Waals surface area contributed by atoms with E-state index < -0.39 is 11.7 Å². The molecule has 0 radical (unpaired) electrons. The summed E-state index contributed by atoms with van der Waals surface area (Å²) < 4.78 is 43.4. The van der Waals surface area contributed by atoms with Crippen molar-refractivity contribution in [1.29, 1.82) is 0 Å². The monoisotopic (exact) mass is 406 g/mol. The summed E-state index contributed by atoms with van der Waals surface area (Å²) in [6.07, 6.45) is 3.56. The molecule has 0 aliphatic carbocycles. The third kappa shape index (κ3) is 3.64. The minimum atomic E-state index is -4.53. The van der Waals surface area contributed by atoms with Crippen LogP contribution in [-0.2, 0) is 12.7 Å². The number of rotatable bonds is 5. The molecule has 3 aromatic heterocycles. The fourth-order valence-corrected chi connectivity index (χ4v) is 3.56. The zero-order chi connectivity index (χ0) is 20.6. The fraction of sp³-hybridized carbons (Fsp3) is 0.444. The van der Waals surface area contributed by atoms with Gasteiger partial charge < -0.3 is 15.2 Å². The van der Waals surface area contributed by atoms with Gasteiger partial charge in [0.25, 0.3) is 0 Å². The smallest absolute Gasteiger partial charge is 0.370 e. The molecule has 0 saturated heterocycles. The second-order valence-electron chi connectivity index (χ2n) is 6.83. The number of aryl methyl sites for hydroxylation is 1. The molecule has 0 fully saturated rings. The van der Waals surface area contributed by atoms with Crippen molar-refractivity contribution in [2.75, 3.05) is 17.2 Å². The van der Waals surface area contributed by atoms with Crippen molar-refractivity contribution in [3.8, 4) is 0 Å². The summed E-state index contributed by atoms with van der Waals surface area (Å²) in [6, 6.07) is 0.0140. The molecule has 0 spiro atoms. The molecule has 0 unspecified atom stereocenters. The molecule has 11 heteroatoms. The SMILES string of the molecule is CCNc1nc(Nc2cnn([C@H]3CCCn4ccnc43)c2C)ncc1C(F)(F)F. The van der Waals surface area contributed by atoms with E-state index in [9.17, 15) is 13.2 Å². The average Bonchev–Trinajstić information content (AvgIpc) is 3.28.